The van der Waals surface area contributed by atoms with Crippen LogP contribution in [0, 0.1) is 5.41 Å². The van der Waals surface area contributed by atoms with Gasteiger partial charge in [0.2, 0.25) is 5.78 Å². The third-order valence-electron chi connectivity index (χ3n) is 2.28. The number of ketones is 1. The van der Waals surface area contributed by atoms with Gasteiger partial charge in [0.05, 0.1) is 0 Å². The lowest BCUT2D eigenvalue weighted by Crippen LogP contribution is -2.47. The van der Waals surface area contributed by atoms with Crippen LogP contribution in [0.1, 0.15) is 20.8 Å². The number of anilines is 1. The number of halogens is 2. The van der Waals surface area contributed by atoms with Crippen molar-refractivity contribution in [2.45, 2.75) is 26.7 Å². The first-order valence-electron chi connectivity index (χ1n) is 5.45. The number of nitrogens with one attached hydrogen (secondary N) is 1. The van der Waals surface area contributed by atoms with Crippen LogP contribution in [0.3, 0.4) is 0 Å². The van der Waals surface area contributed by atoms with E-state index in [1.807, 2.05) is 5.32 Å². The van der Waals surface area contributed by atoms with E-state index in [0.717, 1.165) is 0 Å². The second-order valence-corrected chi connectivity index (χ2v) is 4.97. The van der Waals surface area contributed by atoms with Gasteiger partial charge in [-0.05, 0) is 12.1 Å². The summed E-state index contributed by atoms with van der Waals surface area (Å²) >= 11 is 0. The van der Waals surface area contributed by atoms with Crippen molar-refractivity contribution in [3.05, 3.63) is 30.3 Å². The quantitative estimate of drug-likeness (QED) is 0.844. The normalized spacial score (nSPS) is 12.1. The Bertz CT molecular complexity index is 450. The fourth-order valence-corrected chi connectivity index (χ4v) is 1.31. The van der Waals surface area contributed by atoms with E-state index in [2.05, 4.69) is 0 Å². The Morgan fingerprint density at radius 2 is 1.56 bits per heavy atom. The van der Waals surface area contributed by atoms with Crippen molar-refractivity contribution in [2.24, 2.45) is 5.41 Å². The largest absolute Gasteiger partial charge is 0.382 e. The van der Waals surface area contributed by atoms with E-state index >= 15 is 0 Å². The van der Waals surface area contributed by atoms with Gasteiger partial charge in [0.1, 0.15) is 0 Å². The molecule has 0 aliphatic carbocycles. The van der Waals surface area contributed by atoms with E-state index < -0.39 is 23.0 Å². The van der Waals surface area contributed by atoms with Gasteiger partial charge in [-0.25, -0.2) is 0 Å². The Labute approximate surface area is 104 Å². The minimum Gasteiger partial charge on any atom is -0.320 e. The number of para-hydroxylation sites is 1. The molecule has 0 bridgehead atoms. The van der Waals surface area contributed by atoms with Crippen LogP contribution in [0.4, 0.5) is 14.5 Å². The Kier molecular flexibility index (Phi) is 3.84. The van der Waals surface area contributed by atoms with E-state index in [1.54, 1.807) is 18.2 Å². The number of hydrogen-bond donors (Lipinski definition) is 1. The van der Waals surface area contributed by atoms with E-state index in [-0.39, 0.29) is 5.69 Å². The number of rotatable bonds is 3. The summed E-state index contributed by atoms with van der Waals surface area (Å²) in [6.07, 6.45) is 0. The zero-order valence-corrected chi connectivity index (χ0v) is 10.5. The van der Waals surface area contributed by atoms with Crippen molar-refractivity contribution in [1.29, 1.82) is 0 Å². The molecule has 0 unspecified atom stereocenters. The lowest BCUT2D eigenvalue weighted by Gasteiger charge is -2.23. The number of carbonyl (C=O) groups is 2. The zero-order valence-electron chi connectivity index (χ0n) is 10.5. The van der Waals surface area contributed by atoms with Crippen LogP contribution in [0.25, 0.3) is 0 Å². The first-order valence-corrected chi connectivity index (χ1v) is 5.45. The average Bonchev–Trinajstić information content (AvgIpc) is 2.28. The minimum absolute atomic E-state index is 0.226. The maximum atomic E-state index is 13.6. The van der Waals surface area contributed by atoms with Crippen molar-refractivity contribution >= 4 is 17.4 Å². The van der Waals surface area contributed by atoms with Crippen LogP contribution in [-0.4, -0.2) is 17.6 Å². The summed E-state index contributed by atoms with van der Waals surface area (Å²) in [5.41, 5.74) is -1.05. The first kappa shape index (κ1) is 14.3. The molecule has 1 N–H and O–H groups in total. The second-order valence-electron chi connectivity index (χ2n) is 4.97. The van der Waals surface area contributed by atoms with Crippen molar-refractivity contribution in [3.8, 4) is 0 Å². The molecule has 0 aliphatic heterocycles. The number of alkyl halides is 2. The molecule has 3 nitrogen and oxygen atoms in total. The Morgan fingerprint density at radius 1 is 1.06 bits per heavy atom. The Morgan fingerprint density at radius 3 is 2.00 bits per heavy atom. The lowest BCUT2D eigenvalue weighted by atomic mass is 9.87. The maximum Gasteiger partial charge on any atom is 0.382 e. The van der Waals surface area contributed by atoms with Crippen molar-refractivity contribution < 1.29 is 18.4 Å². The molecule has 0 fully saturated rings. The third-order valence-corrected chi connectivity index (χ3v) is 2.28. The highest BCUT2D eigenvalue weighted by molar-refractivity contribution is 6.14. The first-order chi connectivity index (χ1) is 8.15. The molecule has 0 atom stereocenters. The van der Waals surface area contributed by atoms with Gasteiger partial charge in [-0.2, -0.15) is 8.78 Å². The summed E-state index contributed by atoms with van der Waals surface area (Å²) in [6, 6.07) is 7.82. The van der Waals surface area contributed by atoms with Gasteiger partial charge in [-0.15, -0.1) is 0 Å². The highest BCUT2D eigenvalue weighted by atomic mass is 19.3. The number of benzene rings is 1. The van der Waals surface area contributed by atoms with Gasteiger partial charge in [0.15, 0.2) is 0 Å². The van der Waals surface area contributed by atoms with Crippen LogP contribution in [0.5, 0.6) is 0 Å². The third kappa shape index (κ3) is 3.12. The smallest absolute Gasteiger partial charge is 0.320 e. The molecule has 0 aromatic heterocycles. The molecule has 1 amide bonds. The van der Waals surface area contributed by atoms with E-state index in [4.69, 9.17) is 0 Å². The van der Waals surface area contributed by atoms with Gasteiger partial charge < -0.3 is 5.32 Å². The van der Waals surface area contributed by atoms with Crippen LogP contribution in [0.2, 0.25) is 0 Å². The molecule has 1 aromatic carbocycles. The summed E-state index contributed by atoms with van der Waals surface area (Å²) in [7, 11) is 0. The standard InChI is InChI=1S/C13H15F2NO2/c1-12(2,3)10(17)13(14,15)11(18)16-9-7-5-4-6-8-9/h4-8H,1-3H3,(H,16,18). The summed E-state index contributed by atoms with van der Waals surface area (Å²) < 4.78 is 27.3. The Balaban J connectivity index is 2.87. The summed E-state index contributed by atoms with van der Waals surface area (Å²) in [5, 5.41) is 2.03. The Hall–Kier alpha value is -1.78. The van der Waals surface area contributed by atoms with E-state index in [1.165, 1.54) is 32.9 Å². The van der Waals surface area contributed by atoms with Gasteiger partial charge in [-0.1, -0.05) is 39.0 Å². The fourth-order valence-electron chi connectivity index (χ4n) is 1.31. The van der Waals surface area contributed by atoms with Crippen molar-refractivity contribution in [1.82, 2.24) is 0 Å². The van der Waals surface area contributed by atoms with Gasteiger partial charge >= 0.3 is 11.8 Å². The molecule has 5 heteroatoms. The predicted octanol–water partition coefficient (Wildman–Crippen LogP) is 2.88. The van der Waals surface area contributed by atoms with Crippen LogP contribution >= 0.6 is 0 Å². The number of amides is 1. The lowest BCUT2D eigenvalue weighted by molar-refractivity contribution is -0.160. The van der Waals surface area contributed by atoms with Crippen LogP contribution < -0.4 is 5.32 Å². The summed E-state index contributed by atoms with van der Waals surface area (Å²) in [4.78, 5) is 22.9. The molecule has 0 saturated carbocycles. The predicted molar refractivity (Wildman–Crippen MR) is 64.5 cm³/mol. The number of hydrogen-bond acceptors (Lipinski definition) is 2. The highest BCUT2D eigenvalue weighted by Crippen LogP contribution is 2.28. The fraction of sp³-hybridized carbons (Fsp3) is 0.385. The van der Waals surface area contributed by atoms with Crippen molar-refractivity contribution in [3.63, 3.8) is 0 Å². The average molecular weight is 255 g/mol. The molecule has 0 aliphatic rings. The molecule has 0 saturated heterocycles. The van der Waals surface area contributed by atoms with E-state index in [0.29, 0.717) is 0 Å². The number of carbonyl (C=O) groups excluding carboxylic acids is 2. The molecule has 0 spiro atoms. The van der Waals surface area contributed by atoms with Gasteiger partial charge in [-0.3, -0.25) is 9.59 Å². The molecule has 1 rings (SSSR count). The van der Waals surface area contributed by atoms with Crippen LogP contribution in [0.15, 0.2) is 30.3 Å². The maximum absolute atomic E-state index is 13.6. The molecule has 18 heavy (non-hydrogen) atoms. The second kappa shape index (κ2) is 4.84. The molecule has 98 valence electrons. The monoisotopic (exact) mass is 255 g/mol. The minimum atomic E-state index is -4.03. The van der Waals surface area contributed by atoms with Gasteiger partial charge in [0.25, 0.3) is 0 Å². The molecular formula is C13H15F2NO2. The van der Waals surface area contributed by atoms with E-state index in [9.17, 15) is 18.4 Å². The highest BCUT2D eigenvalue weighted by Gasteiger charge is 2.51. The van der Waals surface area contributed by atoms with Crippen molar-refractivity contribution in [2.75, 3.05) is 5.32 Å². The molecule has 1 aromatic rings. The number of Topliss-reactive ketones (excluding diaryl/α,β-unsaturated/α-hetero) is 1. The SMILES string of the molecule is CC(C)(C)C(=O)C(F)(F)C(=O)Nc1ccccc1. The summed E-state index contributed by atoms with van der Waals surface area (Å²) in [5.74, 6) is -7.04. The molecule has 0 heterocycles. The zero-order chi connectivity index (χ0) is 14.0. The molecular weight excluding hydrogens is 240 g/mol. The van der Waals surface area contributed by atoms with Gasteiger partial charge in [0, 0.05) is 11.1 Å². The van der Waals surface area contributed by atoms with Crippen LogP contribution in [-0.2, 0) is 9.59 Å². The summed E-state index contributed by atoms with van der Waals surface area (Å²) in [6.45, 7) is 4.04. The molecule has 0 radical (unpaired) electrons. The topological polar surface area (TPSA) is 46.2 Å².